The SMILES string of the molecule is CCOC(=O)c1ccc(COc2ccc(N)cc2)cc1. The maximum Gasteiger partial charge on any atom is 0.338 e. The quantitative estimate of drug-likeness (QED) is 0.670. The number of esters is 1. The molecule has 0 aliphatic rings. The van der Waals surface area contributed by atoms with Gasteiger partial charge in [-0.3, -0.25) is 0 Å². The highest BCUT2D eigenvalue weighted by Crippen LogP contribution is 2.15. The molecule has 0 fully saturated rings. The zero-order chi connectivity index (χ0) is 14.4. The lowest BCUT2D eigenvalue weighted by Gasteiger charge is -2.07. The highest BCUT2D eigenvalue weighted by molar-refractivity contribution is 5.89. The summed E-state index contributed by atoms with van der Waals surface area (Å²) in [6.45, 7) is 2.60. The maximum atomic E-state index is 11.5. The highest BCUT2D eigenvalue weighted by Gasteiger charge is 2.05. The molecule has 0 saturated carbocycles. The van der Waals surface area contributed by atoms with Gasteiger partial charge in [0.2, 0.25) is 0 Å². The minimum absolute atomic E-state index is 0.307. The van der Waals surface area contributed by atoms with Gasteiger partial charge in [0, 0.05) is 5.69 Å². The van der Waals surface area contributed by atoms with E-state index in [9.17, 15) is 4.79 Å². The molecular formula is C16H17NO3. The Morgan fingerprint density at radius 1 is 1.05 bits per heavy atom. The first kappa shape index (κ1) is 13.9. The Labute approximate surface area is 118 Å². The van der Waals surface area contributed by atoms with Crippen molar-refractivity contribution in [3.05, 3.63) is 59.7 Å². The third kappa shape index (κ3) is 3.75. The molecule has 0 atom stereocenters. The lowest BCUT2D eigenvalue weighted by atomic mass is 10.1. The fourth-order valence-corrected chi connectivity index (χ4v) is 1.68. The molecule has 0 aliphatic carbocycles. The molecule has 0 saturated heterocycles. The van der Waals surface area contributed by atoms with Crippen molar-refractivity contribution in [3.8, 4) is 5.75 Å². The second kappa shape index (κ2) is 6.61. The molecule has 2 rings (SSSR count). The average Bonchev–Trinajstić information content (AvgIpc) is 2.47. The Balaban J connectivity index is 1.93. The Hall–Kier alpha value is -2.49. The van der Waals surface area contributed by atoms with Crippen molar-refractivity contribution >= 4 is 11.7 Å². The molecule has 0 heterocycles. The molecule has 2 aromatic rings. The van der Waals surface area contributed by atoms with Crippen LogP contribution in [0, 0.1) is 0 Å². The molecule has 0 bridgehead atoms. The predicted octanol–water partition coefficient (Wildman–Crippen LogP) is 3.02. The fourth-order valence-electron chi connectivity index (χ4n) is 1.68. The van der Waals surface area contributed by atoms with Crippen LogP contribution >= 0.6 is 0 Å². The normalized spacial score (nSPS) is 10.1. The van der Waals surface area contributed by atoms with E-state index in [4.69, 9.17) is 15.2 Å². The number of hydrogen-bond donors (Lipinski definition) is 1. The van der Waals surface area contributed by atoms with E-state index >= 15 is 0 Å². The number of benzene rings is 2. The topological polar surface area (TPSA) is 61.5 Å². The van der Waals surface area contributed by atoms with E-state index in [-0.39, 0.29) is 5.97 Å². The van der Waals surface area contributed by atoms with Gasteiger partial charge in [-0.2, -0.15) is 0 Å². The van der Waals surface area contributed by atoms with Gasteiger partial charge in [-0.25, -0.2) is 4.79 Å². The second-order valence-electron chi connectivity index (χ2n) is 4.28. The van der Waals surface area contributed by atoms with Gasteiger partial charge in [0.25, 0.3) is 0 Å². The summed E-state index contributed by atoms with van der Waals surface area (Å²) in [5, 5.41) is 0. The molecule has 0 radical (unpaired) electrons. The van der Waals surface area contributed by atoms with Gasteiger partial charge in [0.05, 0.1) is 12.2 Å². The van der Waals surface area contributed by atoms with Crippen molar-refractivity contribution in [1.29, 1.82) is 0 Å². The zero-order valence-corrected chi connectivity index (χ0v) is 11.3. The summed E-state index contributed by atoms with van der Waals surface area (Å²) >= 11 is 0. The molecule has 0 amide bonds. The number of nitrogen functional groups attached to an aromatic ring is 1. The summed E-state index contributed by atoms with van der Waals surface area (Å²) in [6.07, 6.45) is 0. The van der Waals surface area contributed by atoms with Crippen LogP contribution in [0.3, 0.4) is 0 Å². The maximum absolute atomic E-state index is 11.5. The first-order chi connectivity index (χ1) is 9.69. The number of rotatable bonds is 5. The number of hydrogen-bond acceptors (Lipinski definition) is 4. The van der Waals surface area contributed by atoms with E-state index in [0.717, 1.165) is 11.3 Å². The van der Waals surface area contributed by atoms with Gasteiger partial charge in [0.15, 0.2) is 0 Å². The molecule has 20 heavy (non-hydrogen) atoms. The molecule has 2 aromatic carbocycles. The Kier molecular flexibility index (Phi) is 4.60. The Morgan fingerprint density at radius 3 is 2.30 bits per heavy atom. The average molecular weight is 271 g/mol. The molecule has 4 heteroatoms. The van der Waals surface area contributed by atoms with Crippen LogP contribution in [-0.4, -0.2) is 12.6 Å². The molecule has 0 aliphatic heterocycles. The van der Waals surface area contributed by atoms with E-state index < -0.39 is 0 Å². The van der Waals surface area contributed by atoms with Crippen LogP contribution in [0.15, 0.2) is 48.5 Å². The minimum Gasteiger partial charge on any atom is -0.489 e. The summed E-state index contributed by atoms with van der Waals surface area (Å²) in [4.78, 5) is 11.5. The van der Waals surface area contributed by atoms with E-state index in [0.29, 0.717) is 24.5 Å². The first-order valence-electron chi connectivity index (χ1n) is 6.43. The first-order valence-corrected chi connectivity index (χ1v) is 6.43. The lowest BCUT2D eigenvalue weighted by molar-refractivity contribution is 0.0526. The van der Waals surface area contributed by atoms with Crippen molar-refractivity contribution in [2.24, 2.45) is 0 Å². The summed E-state index contributed by atoms with van der Waals surface area (Å²) in [7, 11) is 0. The van der Waals surface area contributed by atoms with Crippen LogP contribution < -0.4 is 10.5 Å². The van der Waals surface area contributed by atoms with Gasteiger partial charge in [0.1, 0.15) is 12.4 Å². The molecular weight excluding hydrogens is 254 g/mol. The summed E-state index contributed by atoms with van der Waals surface area (Å²) in [5.41, 5.74) is 7.83. The van der Waals surface area contributed by atoms with Crippen molar-refractivity contribution < 1.29 is 14.3 Å². The van der Waals surface area contributed by atoms with Crippen LogP contribution in [0.5, 0.6) is 5.75 Å². The fraction of sp³-hybridized carbons (Fsp3) is 0.188. The second-order valence-corrected chi connectivity index (χ2v) is 4.28. The van der Waals surface area contributed by atoms with E-state index in [2.05, 4.69) is 0 Å². The van der Waals surface area contributed by atoms with Crippen molar-refractivity contribution in [2.45, 2.75) is 13.5 Å². The van der Waals surface area contributed by atoms with Gasteiger partial charge in [-0.05, 0) is 48.9 Å². The molecule has 2 N–H and O–H groups in total. The van der Waals surface area contributed by atoms with Crippen LogP contribution in [-0.2, 0) is 11.3 Å². The monoisotopic (exact) mass is 271 g/mol. The zero-order valence-electron chi connectivity index (χ0n) is 11.3. The number of ether oxygens (including phenoxy) is 2. The standard InChI is InChI=1S/C16H17NO3/c1-2-19-16(18)13-5-3-12(4-6-13)11-20-15-9-7-14(17)8-10-15/h3-10H,2,11,17H2,1H3. The number of nitrogens with two attached hydrogens (primary N) is 1. The van der Waals surface area contributed by atoms with Gasteiger partial charge in [-0.15, -0.1) is 0 Å². The minimum atomic E-state index is -0.307. The summed E-state index contributed by atoms with van der Waals surface area (Å²) in [6, 6.07) is 14.4. The molecule has 0 aromatic heterocycles. The molecule has 0 spiro atoms. The van der Waals surface area contributed by atoms with Crippen LogP contribution in [0.1, 0.15) is 22.8 Å². The van der Waals surface area contributed by atoms with Crippen LogP contribution in [0.25, 0.3) is 0 Å². The smallest absolute Gasteiger partial charge is 0.338 e. The molecule has 4 nitrogen and oxygen atoms in total. The van der Waals surface area contributed by atoms with Crippen molar-refractivity contribution in [2.75, 3.05) is 12.3 Å². The Bertz CT molecular complexity index is 561. The number of carbonyl (C=O) groups is 1. The summed E-state index contributed by atoms with van der Waals surface area (Å²) in [5.74, 6) is 0.451. The van der Waals surface area contributed by atoms with Crippen LogP contribution in [0.2, 0.25) is 0 Å². The van der Waals surface area contributed by atoms with Gasteiger partial charge >= 0.3 is 5.97 Å². The highest BCUT2D eigenvalue weighted by atomic mass is 16.5. The third-order valence-electron chi connectivity index (χ3n) is 2.75. The van der Waals surface area contributed by atoms with E-state index in [1.165, 1.54) is 0 Å². The van der Waals surface area contributed by atoms with E-state index in [1.54, 1.807) is 31.2 Å². The predicted molar refractivity (Wildman–Crippen MR) is 77.6 cm³/mol. The lowest BCUT2D eigenvalue weighted by Crippen LogP contribution is -2.04. The molecule has 104 valence electrons. The number of carbonyl (C=O) groups excluding carboxylic acids is 1. The van der Waals surface area contributed by atoms with Crippen molar-refractivity contribution in [3.63, 3.8) is 0 Å². The van der Waals surface area contributed by atoms with Gasteiger partial charge in [-0.1, -0.05) is 12.1 Å². The third-order valence-corrected chi connectivity index (χ3v) is 2.75. The number of anilines is 1. The molecule has 0 unspecified atom stereocenters. The van der Waals surface area contributed by atoms with Gasteiger partial charge < -0.3 is 15.2 Å². The largest absolute Gasteiger partial charge is 0.489 e. The van der Waals surface area contributed by atoms with Crippen molar-refractivity contribution in [1.82, 2.24) is 0 Å². The summed E-state index contributed by atoms with van der Waals surface area (Å²) < 4.78 is 10.5. The van der Waals surface area contributed by atoms with Crippen LogP contribution in [0.4, 0.5) is 5.69 Å². The van der Waals surface area contributed by atoms with E-state index in [1.807, 2.05) is 24.3 Å². The Morgan fingerprint density at radius 2 is 1.70 bits per heavy atom.